The van der Waals surface area contributed by atoms with Crippen molar-refractivity contribution in [3.63, 3.8) is 0 Å². The van der Waals surface area contributed by atoms with Gasteiger partial charge in [-0.15, -0.1) is 0 Å². The summed E-state index contributed by atoms with van der Waals surface area (Å²) in [5.74, 6) is -0.159. The van der Waals surface area contributed by atoms with Gasteiger partial charge in [-0.05, 0) is 44.1 Å². The highest BCUT2D eigenvalue weighted by molar-refractivity contribution is 7.89. The lowest BCUT2D eigenvalue weighted by Gasteiger charge is -2.21. The first-order valence-electron chi connectivity index (χ1n) is 11.6. The molecule has 33 heavy (non-hydrogen) atoms. The van der Waals surface area contributed by atoms with E-state index in [1.165, 1.54) is 23.5 Å². The Balaban J connectivity index is 1.75. The molecule has 1 aliphatic rings. The van der Waals surface area contributed by atoms with Gasteiger partial charge in [0.05, 0.1) is 25.5 Å². The molecule has 1 fully saturated rings. The Morgan fingerprint density at radius 2 is 1.85 bits per heavy atom. The summed E-state index contributed by atoms with van der Waals surface area (Å²) in [5, 5.41) is 7.13. The van der Waals surface area contributed by atoms with Crippen LogP contribution in [0.25, 0.3) is 0 Å². The highest BCUT2D eigenvalue weighted by Gasteiger charge is 2.29. The van der Waals surface area contributed by atoms with Gasteiger partial charge in [-0.3, -0.25) is 9.48 Å². The summed E-state index contributed by atoms with van der Waals surface area (Å²) in [4.78, 5) is 15.2. The van der Waals surface area contributed by atoms with Crippen LogP contribution in [0.2, 0.25) is 0 Å². The number of ether oxygens (including phenoxy) is 1. The van der Waals surface area contributed by atoms with Gasteiger partial charge in [0.25, 0.3) is 5.91 Å². The first-order valence-corrected chi connectivity index (χ1v) is 13.1. The minimum absolute atomic E-state index is 0.0227. The average Bonchev–Trinajstić information content (AvgIpc) is 3.08. The van der Waals surface area contributed by atoms with Gasteiger partial charge in [0.15, 0.2) is 0 Å². The number of carbonyl (C=O) groups excluding carboxylic acids is 1. The molecular formula is C23H35N5O4S. The van der Waals surface area contributed by atoms with Crippen molar-refractivity contribution in [3.05, 3.63) is 36.2 Å². The van der Waals surface area contributed by atoms with E-state index in [0.29, 0.717) is 18.8 Å². The number of nitrogens with one attached hydrogen (secondary N) is 1. The average molecular weight is 478 g/mol. The molecule has 0 bridgehead atoms. The minimum Gasteiger partial charge on any atom is -0.495 e. The lowest BCUT2D eigenvalue weighted by molar-refractivity contribution is 0.102. The zero-order valence-electron chi connectivity index (χ0n) is 19.8. The van der Waals surface area contributed by atoms with Crippen molar-refractivity contribution in [2.24, 2.45) is 0 Å². The van der Waals surface area contributed by atoms with Crippen molar-refractivity contribution in [2.75, 3.05) is 45.2 Å². The van der Waals surface area contributed by atoms with E-state index in [1.54, 1.807) is 23.1 Å². The maximum Gasteiger partial charge on any atom is 0.255 e. The molecule has 1 N–H and O–H groups in total. The van der Waals surface area contributed by atoms with Gasteiger partial charge in [-0.25, -0.2) is 8.42 Å². The van der Waals surface area contributed by atoms with Crippen molar-refractivity contribution in [1.29, 1.82) is 0 Å². The zero-order chi connectivity index (χ0) is 23.8. The third-order valence-corrected chi connectivity index (χ3v) is 7.96. The zero-order valence-corrected chi connectivity index (χ0v) is 20.6. The molecule has 1 saturated heterocycles. The number of methoxy groups -OCH3 is 1. The monoisotopic (exact) mass is 477 g/mol. The second kappa shape index (κ2) is 11.6. The van der Waals surface area contributed by atoms with E-state index in [1.807, 2.05) is 0 Å². The third kappa shape index (κ3) is 6.33. The Morgan fingerprint density at radius 1 is 1.15 bits per heavy atom. The lowest BCUT2D eigenvalue weighted by Crippen LogP contribution is -2.32. The number of nitrogens with zero attached hydrogens (tertiary/aromatic N) is 4. The van der Waals surface area contributed by atoms with E-state index in [9.17, 15) is 13.2 Å². The number of anilines is 1. The third-order valence-electron chi connectivity index (χ3n) is 6.04. The predicted octanol–water partition coefficient (Wildman–Crippen LogP) is 3.05. The number of sulfonamides is 1. The first-order chi connectivity index (χ1) is 15.9. The summed E-state index contributed by atoms with van der Waals surface area (Å²) in [6, 6.07) is 4.51. The molecule has 182 valence electrons. The highest BCUT2D eigenvalue weighted by atomic mass is 32.2. The van der Waals surface area contributed by atoms with Gasteiger partial charge in [-0.1, -0.05) is 26.7 Å². The molecular weight excluding hydrogens is 442 g/mol. The molecule has 10 heteroatoms. The molecule has 0 aliphatic carbocycles. The Morgan fingerprint density at radius 3 is 2.48 bits per heavy atom. The van der Waals surface area contributed by atoms with E-state index < -0.39 is 15.9 Å². The van der Waals surface area contributed by atoms with Gasteiger partial charge in [0.1, 0.15) is 10.6 Å². The largest absolute Gasteiger partial charge is 0.495 e. The Bertz CT molecular complexity index is 1030. The maximum atomic E-state index is 13.3. The fourth-order valence-electron chi connectivity index (χ4n) is 3.98. The van der Waals surface area contributed by atoms with Crippen molar-refractivity contribution in [3.8, 4) is 5.75 Å². The van der Waals surface area contributed by atoms with Gasteiger partial charge in [0, 0.05) is 31.4 Å². The second-order valence-corrected chi connectivity index (χ2v) is 10.1. The Hall–Kier alpha value is -2.43. The van der Waals surface area contributed by atoms with Crippen molar-refractivity contribution >= 4 is 21.6 Å². The molecule has 3 rings (SSSR count). The van der Waals surface area contributed by atoms with Crippen LogP contribution in [-0.4, -0.2) is 73.1 Å². The van der Waals surface area contributed by atoms with E-state index in [4.69, 9.17) is 4.74 Å². The minimum atomic E-state index is -3.77. The highest BCUT2D eigenvalue weighted by Crippen LogP contribution is 2.29. The smallest absolute Gasteiger partial charge is 0.255 e. The fourth-order valence-corrected chi connectivity index (χ4v) is 5.68. The number of aromatic nitrogens is 2. The quantitative estimate of drug-likeness (QED) is 0.565. The number of hydrogen-bond donors (Lipinski definition) is 1. The number of likely N-dealkylation sites (N-methyl/N-ethyl adjacent to an activating group) is 1. The van der Waals surface area contributed by atoms with Crippen LogP contribution < -0.4 is 10.1 Å². The SMILES string of the molecule is CCN(CC)CCn1cc(NC(=O)c2ccc(OC)c(S(=O)(=O)N3CCCCCC3)c2)cn1. The van der Waals surface area contributed by atoms with Crippen LogP contribution in [0.15, 0.2) is 35.5 Å². The molecule has 2 heterocycles. The van der Waals surface area contributed by atoms with Crippen LogP contribution in [0.4, 0.5) is 5.69 Å². The Labute approximate surface area is 196 Å². The van der Waals surface area contributed by atoms with Gasteiger partial charge >= 0.3 is 0 Å². The summed E-state index contributed by atoms with van der Waals surface area (Å²) in [7, 11) is -2.33. The Kier molecular flexibility index (Phi) is 8.87. The topological polar surface area (TPSA) is 96.8 Å². The normalized spacial score (nSPS) is 15.4. The van der Waals surface area contributed by atoms with Crippen LogP contribution >= 0.6 is 0 Å². The summed E-state index contributed by atoms with van der Waals surface area (Å²) in [6.45, 7) is 8.74. The van der Waals surface area contributed by atoms with E-state index >= 15 is 0 Å². The molecule has 0 radical (unpaired) electrons. The number of rotatable bonds is 10. The van der Waals surface area contributed by atoms with Crippen LogP contribution in [0, 0.1) is 0 Å². The summed E-state index contributed by atoms with van der Waals surface area (Å²) >= 11 is 0. The molecule has 0 saturated carbocycles. The van der Waals surface area contributed by atoms with Crippen molar-refractivity contribution in [2.45, 2.75) is 51.0 Å². The predicted molar refractivity (Wildman–Crippen MR) is 128 cm³/mol. The second-order valence-electron chi connectivity index (χ2n) is 8.16. The molecule has 1 aliphatic heterocycles. The number of amides is 1. The molecule has 0 atom stereocenters. The number of hydrogen-bond acceptors (Lipinski definition) is 6. The van der Waals surface area contributed by atoms with Crippen LogP contribution in [0.3, 0.4) is 0 Å². The summed E-state index contributed by atoms with van der Waals surface area (Å²) in [6.07, 6.45) is 7.08. The molecule has 9 nitrogen and oxygen atoms in total. The lowest BCUT2D eigenvalue weighted by atomic mass is 10.2. The molecule has 0 unspecified atom stereocenters. The fraction of sp³-hybridized carbons (Fsp3) is 0.565. The molecule has 1 aromatic carbocycles. The summed E-state index contributed by atoms with van der Waals surface area (Å²) < 4.78 is 35.3. The van der Waals surface area contributed by atoms with Gasteiger partial charge < -0.3 is 15.0 Å². The number of carbonyl (C=O) groups is 1. The van der Waals surface area contributed by atoms with Crippen LogP contribution in [0.1, 0.15) is 49.9 Å². The van der Waals surface area contributed by atoms with Crippen molar-refractivity contribution in [1.82, 2.24) is 19.0 Å². The standard InChI is InChI=1S/C23H35N5O4S/c1-4-26(5-2)14-15-27-18-20(17-24-27)25-23(29)19-10-11-21(32-3)22(16-19)33(30,31)28-12-8-6-7-9-13-28/h10-11,16-18H,4-9,12-15H2,1-3H3,(H,25,29). The van der Waals surface area contributed by atoms with E-state index in [2.05, 4.69) is 29.2 Å². The molecule has 1 aromatic heterocycles. The summed E-state index contributed by atoms with van der Waals surface area (Å²) in [5.41, 5.74) is 0.812. The van der Waals surface area contributed by atoms with E-state index in [0.717, 1.165) is 51.9 Å². The van der Waals surface area contributed by atoms with Crippen LogP contribution in [-0.2, 0) is 16.6 Å². The molecule has 0 spiro atoms. The number of benzene rings is 1. The molecule has 2 aromatic rings. The van der Waals surface area contributed by atoms with E-state index in [-0.39, 0.29) is 16.2 Å². The first kappa shape index (κ1) is 25.2. The van der Waals surface area contributed by atoms with Crippen molar-refractivity contribution < 1.29 is 17.9 Å². The van der Waals surface area contributed by atoms with Gasteiger partial charge in [0.2, 0.25) is 10.0 Å². The molecule has 1 amide bonds. The van der Waals surface area contributed by atoms with Crippen LogP contribution in [0.5, 0.6) is 5.75 Å². The van der Waals surface area contributed by atoms with Gasteiger partial charge in [-0.2, -0.15) is 9.40 Å². The maximum absolute atomic E-state index is 13.3.